The van der Waals surface area contributed by atoms with Gasteiger partial charge in [-0.25, -0.2) is 0 Å². The van der Waals surface area contributed by atoms with Crippen LogP contribution in [-0.2, 0) is 5.41 Å². The van der Waals surface area contributed by atoms with Crippen LogP contribution in [0, 0.1) is 0 Å². The van der Waals surface area contributed by atoms with Gasteiger partial charge in [-0.15, -0.1) is 0 Å². The van der Waals surface area contributed by atoms with Gasteiger partial charge in [0.05, 0.1) is 0 Å². The third kappa shape index (κ3) is 3.64. The first-order chi connectivity index (χ1) is 23.1. The van der Waals surface area contributed by atoms with Crippen LogP contribution in [0.3, 0.4) is 0 Å². The van der Waals surface area contributed by atoms with Crippen LogP contribution in [0.4, 0.5) is 0 Å². The molecule has 9 aromatic carbocycles. The second-order valence-corrected chi connectivity index (χ2v) is 13.6. The minimum absolute atomic E-state index is 0.150. The SMILES string of the molecule is CC1(C)c2cc3ccccc3cc2-c2cccc(-c3c4ccccc4c(-c4cccc5c4ccc4ccccc45)c4ccccc34)c21. The molecule has 0 N–H and O–H groups in total. The fourth-order valence-corrected chi connectivity index (χ4v) is 8.74. The number of fused-ring (bicyclic) bond motifs is 9. The second-order valence-electron chi connectivity index (χ2n) is 13.6. The van der Waals surface area contributed by atoms with Crippen LogP contribution in [0.15, 0.2) is 158 Å². The van der Waals surface area contributed by atoms with Gasteiger partial charge in [0.1, 0.15) is 0 Å². The Morgan fingerprint density at radius 3 is 1.49 bits per heavy atom. The Morgan fingerprint density at radius 1 is 0.319 bits per heavy atom. The van der Waals surface area contributed by atoms with E-state index in [-0.39, 0.29) is 5.41 Å². The molecule has 0 spiro atoms. The second kappa shape index (κ2) is 9.64. The van der Waals surface area contributed by atoms with Gasteiger partial charge < -0.3 is 0 Å². The zero-order chi connectivity index (χ0) is 31.3. The monoisotopic (exact) mass is 596 g/mol. The van der Waals surface area contributed by atoms with E-state index in [1.54, 1.807) is 0 Å². The highest BCUT2D eigenvalue weighted by molar-refractivity contribution is 6.25. The van der Waals surface area contributed by atoms with Gasteiger partial charge in [0, 0.05) is 5.41 Å². The molecule has 47 heavy (non-hydrogen) atoms. The quantitative estimate of drug-likeness (QED) is 0.138. The highest BCUT2D eigenvalue weighted by atomic mass is 14.4. The minimum Gasteiger partial charge on any atom is -0.0616 e. The Balaban J connectivity index is 1.31. The predicted octanol–water partition coefficient (Wildman–Crippen LogP) is 13.1. The zero-order valence-corrected chi connectivity index (χ0v) is 26.5. The Labute approximate surface area is 274 Å². The molecule has 0 aromatic heterocycles. The van der Waals surface area contributed by atoms with Crippen LogP contribution in [0.1, 0.15) is 25.0 Å². The van der Waals surface area contributed by atoms with E-state index < -0.39 is 0 Å². The van der Waals surface area contributed by atoms with E-state index in [1.807, 2.05) is 0 Å². The average Bonchev–Trinajstić information content (AvgIpc) is 3.34. The van der Waals surface area contributed by atoms with Crippen LogP contribution < -0.4 is 0 Å². The van der Waals surface area contributed by atoms with E-state index in [0.717, 1.165) is 0 Å². The van der Waals surface area contributed by atoms with E-state index in [4.69, 9.17) is 0 Å². The molecule has 0 nitrogen and oxygen atoms in total. The summed E-state index contributed by atoms with van der Waals surface area (Å²) in [5.74, 6) is 0. The molecular weight excluding hydrogens is 565 g/mol. The molecule has 0 saturated heterocycles. The van der Waals surface area contributed by atoms with E-state index in [0.29, 0.717) is 0 Å². The van der Waals surface area contributed by atoms with Gasteiger partial charge in [-0.2, -0.15) is 0 Å². The lowest BCUT2D eigenvalue weighted by atomic mass is 9.76. The molecule has 0 atom stereocenters. The summed E-state index contributed by atoms with van der Waals surface area (Å²) in [4.78, 5) is 0. The number of rotatable bonds is 2. The first-order valence-electron chi connectivity index (χ1n) is 16.6. The standard InChI is InChI=1S/C47H32/c1-47(2)43-28-31-15-4-3-14-30(31)27-42(43)40-23-12-24-41(46(40)47)45-38-19-9-7-17-36(38)44(37-18-8-10-20-39(37)45)35-22-11-21-33-32-16-6-5-13-29(32)25-26-34(33)35/h3-28H,1-2H3. The smallest absolute Gasteiger partial charge is 0.0165 e. The van der Waals surface area contributed by atoms with Crippen molar-refractivity contribution in [2.75, 3.05) is 0 Å². The summed E-state index contributed by atoms with van der Waals surface area (Å²) in [6.45, 7) is 4.82. The van der Waals surface area contributed by atoms with Crippen molar-refractivity contribution in [2.45, 2.75) is 19.3 Å². The molecule has 0 fully saturated rings. The van der Waals surface area contributed by atoms with Gasteiger partial charge in [0.2, 0.25) is 0 Å². The predicted molar refractivity (Wildman–Crippen MR) is 202 cm³/mol. The van der Waals surface area contributed by atoms with Crippen LogP contribution in [-0.4, -0.2) is 0 Å². The van der Waals surface area contributed by atoms with Crippen LogP contribution in [0.5, 0.6) is 0 Å². The topological polar surface area (TPSA) is 0 Å². The molecule has 0 saturated carbocycles. The van der Waals surface area contributed by atoms with Crippen molar-refractivity contribution in [1.29, 1.82) is 0 Å². The lowest BCUT2D eigenvalue weighted by Gasteiger charge is -2.26. The fourth-order valence-electron chi connectivity index (χ4n) is 8.74. The summed E-state index contributed by atoms with van der Waals surface area (Å²) in [6, 6.07) is 58.9. The number of benzene rings is 9. The summed E-state index contributed by atoms with van der Waals surface area (Å²) in [5, 5.41) is 12.9. The van der Waals surface area contributed by atoms with Crippen LogP contribution in [0.25, 0.3) is 87.2 Å². The molecule has 0 heterocycles. The van der Waals surface area contributed by atoms with Crippen molar-refractivity contribution in [3.8, 4) is 33.4 Å². The van der Waals surface area contributed by atoms with Gasteiger partial charge in [-0.3, -0.25) is 0 Å². The maximum Gasteiger partial charge on any atom is 0.0165 e. The van der Waals surface area contributed by atoms with Crippen LogP contribution in [0.2, 0.25) is 0 Å². The highest BCUT2D eigenvalue weighted by Gasteiger charge is 2.38. The van der Waals surface area contributed by atoms with Gasteiger partial charge >= 0.3 is 0 Å². The molecule has 1 aliphatic rings. The highest BCUT2D eigenvalue weighted by Crippen LogP contribution is 2.55. The van der Waals surface area contributed by atoms with Gasteiger partial charge in [0.25, 0.3) is 0 Å². The maximum absolute atomic E-state index is 2.43. The molecule has 220 valence electrons. The molecule has 0 amide bonds. The van der Waals surface area contributed by atoms with E-state index in [9.17, 15) is 0 Å². The largest absolute Gasteiger partial charge is 0.0616 e. The summed E-state index contributed by atoms with van der Waals surface area (Å²) < 4.78 is 0. The number of hydrogen-bond acceptors (Lipinski definition) is 0. The Morgan fingerprint density at radius 2 is 0.809 bits per heavy atom. The normalized spacial score (nSPS) is 13.5. The molecule has 0 radical (unpaired) electrons. The molecule has 0 aliphatic heterocycles. The molecule has 10 rings (SSSR count). The lowest BCUT2D eigenvalue weighted by Crippen LogP contribution is -2.16. The Hall–Kier alpha value is -5.72. The van der Waals surface area contributed by atoms with Gasteiger partial charge in [-0.05, 0) is 111 Å². The summed E-state index contributed by atoms with van der Waals surface area (Å²) in [5.41, 5.74) is 10.6. The summed E-state index contributed by atoms with van der Waals surface area (Å²) >= 11 is 0. The first kappa shape index (κ1) is 26.5. The first-order valence-corrected chi connectivity index (χ1v) is 16.6. The van der Waals surface area contributed by atoms with Crippen LogP contribution >= 0.6 is 0 Å². The van der Waals surface area contributed by atoms with Crippen molar-refractivity contribution in [1.82, 2.24) is 0 Å². The minimum atomic E-state index is -0.150. The molecule has 0 bridgehead atoms. The third-order valence-electron chi connectivity index (χ3n) is 10.8. The maximum atomic E-state index is 2.43. The van der Waals surface area contributed by atoms with E-state index in [2.05, 4.69) is 172 Å². The summed E-state index contributed by atoms with van der Waals surface area (Å²) in [7, 11) is 0. The van der Waals surface area contributed by atoms with Crippen molar-refractivity contribution in [3.05, 3.63) is 169 Å². The van der Waals surface area contributed by atoms with E-state index in [1.165, 1.54) is 98.4 Å². The third-order valence-corrected chi connectivity index (χ3v) is 10.8. The summed E-state index contributed by atoms with van der Waals surface area (Å²) in [6.07, 6.45) is 0. The van der Waals surface area contributed by atoms with Gasteiger partial charge in [-0.1, -0.05) is 159 Å². The molecule has 9 aromatic rings. The van der Waals surface area contributed by atoms with Crippen molar-refractivity contribution < 1.29 is 0 Å². The molecule has 1 aliphatic carbocycles. The van der Waals surface area contributed by atoms with E-state index >= 15 is 0 Å². The van der Waals surface area contributed by atoms with Crippen molar-refractivity contribution in [3.63, 3.8) is 0 Å². The lowest BCUT2D eigenvalue weighted by molar-refractivity contribution is 0.663. The van der Waals surface area contributed by atoms with Crippen molar-refractivity contribution >= 4 is 53.9 Å². The average molecular weight is 597 g/mol. The Kier molecular flexibility index (Phi) is 5.44. The Bertz CT molecular complexity index is 2700. The zero-order valence-electron chi connectivity index (χ0n) is 26.5. The molecular formula is C47H32. The number of hydrogen-bond donors (Lipinski definition) is 0. The molecule has 0 unspecified atom stereocenters. The van der Waals surface area contributed by atoms with Gasteiger partial charge in [0.15, 0.2) is 0 Å². The molecule has 0 heteroatoms. The fraction of sp³-hybridized carbons (Fsp3) is 0.0638. The van der Waals surface area contributed by atoms with Crippen molar-refractivity contribution in [2.24, 2.45) is 0 Å².